The van der Waals surface area contributed by atoms with Crippen LogP contribution in [0.3, 0.4) is 0 Å². The average molecular weight is 311 g/mol. The van der Waals surface area contributed by atoms with Gasteiger partial charge in [-0.1, -0.05) is 49.4 Å². The molecule has 5 heteroatoms. The zero-order valence-electron chi connectivity index (χ0n) is 12.8. The van der Waals surface area contributed by atoms with Gasteiger partial charge in [-0.05, 0) is 24.1 Å². The van der Waals surface area contributed by atoms with Crippen LogP contribution in [-0.2, 0) is 16.1 Å². The Morgan fingerprint density at radius 1 is 1.13 bits per heavy atom. The molecule has 0 spiro atoms. The molecule has 0 fully saturated rings. The van der Waals surface area contributed by atoms with Crippen LogP contribution in [0, 0.1) is 0 Å². The summed E-state index contributed by atoms with van der Waals surface area (Å²) in [6.07, 6.45) is 0.442. The SMILES string of the molecule is CCC(C(=O)OCc1ccccc1)n1c(=O)oc2ccccc21. The summed E-state index contributed by atoms with van der Waals surface area (Å²) in [6.45, 7) is 2.02. The van der Waals surface area contributed by atoms with Gasteiger partial charge in [0.1, 0.15) is 12.6 Å². The molecule has 0 saturated carbocycles. The van der Waals surface area contributed by atoms with Gasteiger partial charge in [0.15, 0.2) is 5.58 Å². The van der Waals surface area contributed by atoms with Gasteiger partial charge in [0.05, 0.1) is 5.52 Å². The molecule has 3 aromatic rings. The zero-order valence-corrected chi connectivity index (χ0v) is 12.8. The lowest BCUT2D eigenvalue weighted by Crippen LogP contribution is -2.28. The van der Waals surface area contributed by atoms with E-state index in [1.807, 2.05) is 37.3 Å². The molecule has 1 aromatic heterocycles. The lowest BCUT2D eigenvalue weighted by Gasteiger charge is -2.15. The summed E-state index contributed by atoms with van der Waals surface area (Å²) in [5.41, 5.74) is 1.97. The number of carbonyl (C=O) groups is 1. The van der Waals surface area contributed by atoms with Crippen LogP contribution in [-0.4, -0.2) is 10.5 Å². The first-order valence-corrected chi connectivity index (χ1v) is 7.51. The second kappa shape index (κ2) is 6.52. The molecule has 0 amide bonds. The number of ether oxygens (including phenoxy) is 1. The van der Waals surface area contributed by atoms with E-state index in [2.05, 4.69) is 0 Å². The summed E-state index contributed by atoms with van der Waals surface area (Å²) >= 11 is 0. The molecule has 3 rings (SSSR count). The number of para-hydroxylation sites is 2. The van der Waals surface area contributed by atoms with Crippen molar-refractivity contribution < 1.29 is 13.9 Å². The van der Waals surface area contributed by atoms with Gasteiger partial charge >= 0.3 is 11.7 Å². The fourth-order valence-corrected chi connectivity index (χ4v) is 2.56. The van der Waals surface area contributed by atoms with Gasteiger partial charge in [-0.25, -0.2) is 9.59 Å². The van der Waals surface area contributed by atoms with Crippen molar-refractivity contribution in [2.75, 3.05) is 0 Å². The number of fused-ring (bicyclic) bond motifs is 1. The highest BCUT2D eigenvalue weighted by Gasteiger charge is 2.25. The molecule has 2 aromatic carbocycles. The highest BCUT2D eigenvalue weighted by molar-refractivity contribution is 5.79. The van der Waals surface area contributed by atoms with Crippen LogP contribution in [0.25, 0.3) is 11.1 Å². The largest absolute Gasteiger partial charge is 0.459 e. The summed E-state index contributed by atoms with van der Waals surface area (Å²) in [5, 5.41) is 0. The van der Waals surface area contributed by atoms with Gasteiger partial charge < -0.3 is 9.15 Å². The highest BCUT2D eigenvalue weighted by Crippen LogP contribution is 2.20. The molecule has 0 aliphatic rings. The minimum atomic E-state index is -0.699. The van der Waals surface area contributed by atoms with E-state index in [0.717, 1.165) is 5.56 Å². The molecular weight excluding hydrogens is 294 g/mol. The number of hydrogen-bond donors (Lipinski definition) is 0. The molecule has 1 unspecified atom stereocenters. The van der Waals surface area contributed by atoms with Gasteiger partial charge in [0, 0.05) is 0 Å². The van der Waals surface area contributed by atoms with Gasteiger partial charge in [-0.15, -0.1) is 0 Å². The summed E-state index contributed by atoms with van der Waals surface area (Å²) in [4.78, 5) is 24.5. The number of aromatic nitrogens is 1. The number of esters is 1. The van der Waals surface area contributed by atoms with E-state index in [9.17, 15) is 9.59 Å². The summed E-state index contributed by atoms with van der Waals surface area (Å²) in [7, 11) is 0. The fraction of sp³-hybridized carbons (Fsp3) is 0.222. The molecule has 23 heavy (non-hydrogen) atoms. The van der Waals surface area contributed by atoms with Crippen molar-refractivity contribution in [2.45, 2.75) is 26.0 Å². The van der Waals surface area contributed by atoms with Crippen LogP contribution in [0.4, 0.5) is 0 Å². The molecule has 0 saturated heterocycles. The monoisotopic (exact) mass is 311 g/mol. The number of nitrogens with zero attached hydrogens (tertiary/aromatic N) is 1. The van der Waals surface area contributed by atoms with Crippen LogP contribution in [0.15, 0.2) is 63.8 Å². The van der Waals surface area contributed by atoms with Gasteiger partial charge in [-0.3, -0.25) is 4.57 Å². The molecule has 0 N–H and O–H groups in total. The Morgan fingerprint density at radius 3 is 2.57 bits per heavy atom. The smallest absolute Gasteiger partial charge is 0.420 e. The second-order valence-corrected chi connectivity index (χ2v) is 5.22. The average Bonchev–Trinajstić information content (AvgIpc) is 2.91. The molecule has 5 nitrogen and oxygen atoms in total. The third kappa shape index (κ3) is 3.04. The van der Waals surface area contributed by atoms with Crippen molar-refractivity contribution in [2.24, 2.45) is 0 Å². The van der Waals surface area contributed by atoms with E-state index in [0.29, 0.717) is 17.5 Å². The molecule has 1 atom stereocenters. The van der Waals surface area contributed by atoms with Crippen LogP contribution in [0.5, 0.6) is 0 Å². The van der Waals surface area contributed by atoms with Gasteiger partial charge in [0.25, 0.3) is 0 Å². The standard InChI is InChI=1S/C18H17NO4/c1-2-14(17(20)22-12-13-8-4-3-5-9-13)19-15-10-6-7-11-16(15)23-18(19)21/h3-11,14H,2,12H2,1H3. The minimum absolute atomic E-state index is 0.181. The number of oxazole rings is 1. The third-order valence-corrected chi connectivity index (χ3v) is 3.71. The number of carbonyl (C=O) groups excluding carboxylic acids is 1. The topological polar surface area (TPSA) is 61.4 Å². The van der Waals surface area contributed by atoms with E-state index < -0.39 is 17.8 Å². The molecule has 1 heterocycles. The molecule has 118 valence electrons. The first-order chi connectivity index (χ1) is 11.2. The maximum Gasteiger partial charge on any atom is 0.420 e. The second-order valence-electron chi connectivity index (χ2n) is 5.22. The predicted molar refractivity (Wildman–Crippen MR) is 86.0 cm³/mol. The van der Waals surface area contributed by atoms with Crippen molar-refractivity contribution in [3.63, 3.8) is 0 Å². The minimum Gasteiger partial charge on any atom is -0.459 e. The third-order valence-electron chi connectivity index (χ3n) is 3.71. The van der Waals surface area contributed by atoms with E-state index in [-0.39, 0.29) is 6.61 Å². The first-order valence-electron chi connectivity index (χ1n) is 7.51. The highest BCUT2D eigenvalue weighted by atomic mass is 16.5. The van der Waals surface area contributed by atoms with Crippen molar-refractivity contribution in [1.29, 1.82) is 0 Å². The molecule has 0 aliphatic heterocycles. The predicted octanol–water partition coefficient (Wildman–Crippen LogP) is 3.29. The van der Waals surface area contributed by atoms with E-state index in [1.165, 1.54) is 4.57 Å². The van der Waals surface area contributed by atoms with Gasteiger partial charge in [-0.2, -0.15) is 0 Å². The Morgan fingerprint density at radius 2 is 1.83 bits per heavy atom. The number of hydrogen-bond acceptors (Lipinski definition) is 4. The molecular formula is C18H17NO4. The molecule has 0 aliphatic carbocycles. The Bertz CT molecular complexity index is 863. The quantitative estimate of drug-likeness (QED) is 0.678. The maximum absolute atomic E-state index is 12.4. The lowest BCUT2D eigenvalue weighted by molar-refractivity contribution is -0.149. The summed E-state index contributed by atoms with van der Waals surface area (Å²) < 4.78 is 11.9. The van der Waals surface area contributed by atoms with Crippen molar-refractivity contribution >= 4 is 17.1 Å². The lowest BCUT2D eigenvalue weighted by atomic mass is 10.2. The zero-order chi connectivity index (χ0) is 16.2. The fourth-order valence-electron chi connectivity index (χ4n) is 2.56. The molecule has 0 radical (unpaired) electrons. The van der Waals surface area contributed by atoms with Crippen molar-refractivity contribution in [3.8, 4) is 0 Å². The van der Waals surface area contributed by atoms with Crippen LogP contribution in [0.2, 0.25) is 0 Å². The Labute approximate surface area is 133 Å². The van der Waals surface area contributed by atoms with Crippen molar-refractivity contribution in [1.82, 2.24) is 4.57 Å². The van der Waals surface area contributed by atoms with E-state index in [1.54, 1.807) is 24.3 Å². The Kier molecular flexibility index (Phi) is 4.28. The van der Waals surface area contributed by atoms with Crippen LogP contribution >= 0.6 is 0 Å². The van der Waals surface area contributed by atoms with Crippen molar-refractivity contribution in [3.05, 3.63) is 70.7 Å². The van der Waals surface area contributed by atoms with Crippen LogP contribution < -0.4 is 5.76 Å². The molecule has 0 bridgehead atoms. The number of rotatable bonds is 5. The Balaban J connectivity index is 1.85. The van der Waals surface area contributed by atoms with Gasteiger partial charge in [0.2, 0.25) is 0 Å². The van der Waals surface area contributed by atoms with E-state index >= 15 is 0 Å². The summed E-state index contributed by atoms with van der Waals surface area (Å²) in [6, 6.07) is 15.8. The Hall–Kier alpha value is -2.82. The normalized spacial score (nSPS) is 12.2. The van der Waals surface area contributed by atoms with Crippen LogP contribution in [0.1, 0.15) is 24.9 Å². The summed E-state index contributed by atoms with van der Waals surface area (Å²) in [5.74, 6) is -0.986. The first kappa shape index (κ1) is 15.1. The number of benzene rings is 2. The van der Waals surface area contributed by atoms with E-state index in [4.69, 9.17) is 9.15 Å². The maximum atomic E-state index is 12.4.